The second-order valence-corrected chi connectivity index (χ2v) is 18.0. The highest BCUT2D eigenvalue weighted by atomic mass is 32.2. The number of aromatic nitrogens is 3. The van der Waals surface area contributed by atoms with Crippen molar-refractivity contribution in [3.63, 3.8) is 0 Å². The molecule has 12 nitrogen and oxygen atoms in total. The topological polar surface area (TPSA) is 181 Å². The molecule has 0 aliphatic rings. The molecule has 0 saturated heterocycles. The lowest BCUT2D eigenvalue weighted by Gasteiger charge is -2.08. The van der Waals surface area contributed by atoms with E-state index < -0.39 is 19.7 Å². The number of aromatic amines is 1. The van der Waals surface area contributed by atoms with Gasteiger partial charge in [-0.3, -0.25) is 14.6 Å². The van der Waals surface area contributed by atoms with Crippen molar-refractivity contribution in [1.29, 1.82) is 0 Å². The summed E-state index contributed by atoms with van der Waals surface area (Å²) in [7, 11) is -7.18. The van der Waals surface area contributed by atoms with Crippen LogP contribution < -0.4 is 10.6 Å². The second-order valence-electron chi connectivity index (χ2n) is 13.2. The van der Waals surface area contributed by atoms with E-state index in [1.54, 1.807) is 128 Å². The van der Waals surface area contributed by atoms with E-state index in [1.165, 1.54) is 17.5 Å². The normalized spacial score (nSPS) is 11.6. The van der Waals surface area contributed by atoms with Crippen molar-refractivity contribution < 1.29 is 30.8 Å². The Morgan fingerprint density at radius 3 is 2.03 bits per heavy atom. The summed E-state index contributed by atoms with van der Waals surface area (Å²) in [4.78, 5) is 36.9. The first-order chi connectivity index (χ1) is 28.6. The monoisotopic (exact) mass is 839 g/mol. The fourth-order valence-electron chi connectivity index (χ4n) is 6.23. The fraction of sp³-hybridized carbons (Fsp3) is 0.0455. The summed E-state index contributed by atoms with van der Waals surface area (Å²) in [5, 5.41) is 10.1. The van der Waals surface area contributed by atoms with Crippen LogP contribution in [0.15, 0.2) is 182 Å². The maximum absolute atomic E-state index is 13.1. The Balaban J connectivity index is 0.000000165. The number of fused-ring (bicyclic) bond motifs is 3. The van der Waals surface area contributed by atoms with Crippen molar-refractivity contribution in [2.45, 2.75) is 32.7 Å². The summed E-state index contributed by atoms with van der Waals surface area (Å²) in [6.07, 6.45) is 6.48. The SMILES string of the molecule is O=C(NCc1ccc(S(=O)(=O)c2cccc3ccsc23)cc1)c1cc2ccncc2o1.O=C(NCc1ccc(S(=O)(=O)c2ccccc2)cc1)c1cnc2[nH]ccc2c1. The van der Waals surface area contributed by atoms with Crippen LogP contribution in [-0.4, -0.2) is 43.6 Å². The molecule has 9 aromatic rings. The van der Waals surface area contributed by atoms with Crippen molar-refractivity contribution in [2.75, 3.05) is 0 Å². The van der Waals surface area contributed by atoms with Gasteiger partial charge in [0, 0.05) is 42.5 Å². The molecule has 9 rings (SSSR count). The van der Waals surface area contributed by atoms with E-state index in [2.05, 4.69) is 25.6 Å². The van der Waals surface area contributed by atoms with E-state index in [4.69, 9.17) is 4.42 Å². The number of thiophene rings is 1. The molecule has 0 spiro atoms. The van der Waals surface area contributed by atoms with Crippen LogP contribution in [0.2, 0.25) is 0 Å². The van der Waals surface area contributed by atoms with E-state index in [0.717, 1.165) is 37.6 Å². The zero-order valence-electron chi connectivity index (χ0n) is 30.9. The third-order valence-electron chi connectivity index (χ3n) is 9.37. The minimum absolute atomic E-state index is 0.200. The molecule has 59 heavy (non-hydrogen) atoms. The van der Waals surface area contributed by atoms with E-state index in [9.17, 15) is 26.4 Å². The number of amides is 2. The van der Waals surface area contributed by atoms with Crippen LogP contribution in [0.5, 0.6) is 0 Å². The van der Waals surface area contributed by atoms with Gasteiger partial charge in [-0.25, -0.2) is 21.8 Å². The molecule has 0 unspecified atom stereocenters. The van der Waals surface area contributed by atoms with Crippen molar-refractivity contribution in [3.05, 3.63) is 180 Å². The third-order valence-corrected chi connectivity index (χ3v) is 14.1. The summed E-state index contributed by atoms with van der Waals surface area (Å²) < 4.78 is 57.7. The number of hydrogen-bond acceptors (Lipinski definition) is 10. The van der Waals surface area contributed by atoms with Crippen molar-refractivity contribution >= 4 is 74.9 Å². The highest BCUT2D eigenvalue weighted by Crippen LogP contribution is 2.32. The first kappa shape index (κ1) is 38.9. The Bertz CT molecular complexity index is 3150. The van der Waals surface area contributed by atoms with Crippen LogP contribution in [0, 0.1) is 0 Å². The number of pyridine rings is 2. The predicted octanol–water partition coefficient (Wildman–Crippen LogP) is 8.13. The number of carbonyl (C=O) groups is 2. The predicted molar refractivity (Wildman–Crippen MR) is 224 cm³/mol. The van der Waals surface area contributed by atoms with Gasteiger partial charge in [-0.1, -0.05) is 54.6 Å². The molecular formula is C44H33N5O7S3. The highest BCUT2D eigenvalue weighted by molar-refractivity contribution is 7.92. The zero-order chi connectivity index (χ0) is 41.0. The van der Waals surface area contributed by atoms with Gasteiger partial charge in [-0.2, -0.15) is 0 Å². The minimum Gasteiger partial charge on any atom is -0.449 e. The van der Waals surface area contributed by atoms with E-state index >= 15 is 0 Å². The van der Waals surface area contributed by atoms with E-state index in [1.807, 2.05) is 23.6 Å². The van der Waals surface area contributed by atoms with Gasteiger partial charge in [0.15, 0.2) is 11.3 Å². The number of furan rings is 1. The molecule has 15 heteroatoms. The first-order valence-electron chi connectivity index (χ1n) is 18.1. The summed E-state index contributed by atoms with van der Waals surface area (Å²) >= 11 is 1.41. The van der Waals surface area contributed by atoms with Crippen LogP contribution >= 0.6 is 11.3 Å². The Hall–Kier alpha value is -6.94. The van der Waals surface area contributed by atoms with Crippen LogP contribution in [0.3, 0.4) is 0 Å². The molecule has 2 amide bonds. The number of nitrogens with zero attached hydrogens (tertiary/aromatic N) is 2. The molecule has 0 fully saturated rings. The number of hydrogen-bond donors (Lipinski definition) is 3. The maximum Gasteiger partial charge on any atom is 0.287 e. The molecule has 4 aromatic carbocycles. The number of carbonyl (C=O) groups excluding carboxylic acids is 2. The standard InChI is InChI=1S/C23H16N2O4S2.C21H17N3O3S/c26-23(19-12-17-8-10-24-14-20(17)29-19)25-13-15-4-6-18(7-5-15)31(27,28)21-3-1-2-16-9-11-30-22(16)21;25-21(17-12-16-10-11-22-20(16)23-14-17)24-13-15-6-8-19(9-7-15)28(26,27)18-4-2-1-3-5-18/h1-12,14H,13H2,(H,25,26);1-12,14H,13H2,(H,22,23)(H,24,25). The van der Waals surface area contributed by atoms with Gasteiger partial charge in [0.1, 0.15) is 5.65 Å². The lowest BCUT2D eigenvalue weighted by atomic mass is 10.2. The third kappa shape index (κ3) is 8.39. The van der Waals surface area contributed by atoms with Crippen molar-refractivity contribution in [3.8, 4) is 0 Å². The van der Waals surface area contributed by atoms with Gasteiger partial charge in [0.2, 0.25) is 19.7 Å². The van der Waals surface area contributed by atoms with Gasteiger partial charge < -0.3 is 20.0 Å². The minimum atomic E-state index is -3.64. The van der Waals surface area contributed by atoms with E-state index in [0.29, 0.717) is 16.0 Å². The van der Waals surface area contributed by atoms with Gasteiger partial charge in [0.05, 0.1) is 36.0 Å². The van der Waals surface area contributed by atoms with Gasteiger partial charge >= 0.3 is 0 Å². The molecule has 0 aliphatic heterocycles. The Labute approximate surface area is 342 Å². The van der Waals surface area contributed by atoms with E-state index in [-0.39, 0.29) is 45.4 Å². The molecule has 0 atom stereocenters. The molecule has 5 aromatic heterocycles. The van der Waals surface area contributed by atoms with Crippen molar-refractivity contribution in [1.82, 2.24) is 25.6 Å². The quantitative estimate of drug-likeness (QED) is 0.123. The average molecular weight is 840 g/mol. The van der Waals surface area contributed by atoms with Crippen LogP contribution in [-0.2, 0) is 32.8 Å². The van der Waals surface area contributed by atoms with Crippen LogP contribution in [0.25, 0.3) is 32.1 Å². The zero-order valence-corrected chi connectivity index (χ0v) is 33.4. The molecule has 294 valence electrons. The average Bonchev–Trinajstić information content (AvgIpc) is 4.05. The lowest BCUT2D eigenvalue weighted by molar-refractivity contribution is 0.0923. The molecule has 3 N–H and O–H groups in total. The molecule has 0 aliphatic carbocycles. The molecular weight excluding hydrogens is 807 g/mol. The van der Waals surface area contributed by atoms with Gasteiger partial charge in [-0.05, 0) is 94.7 Å². The molecule has 5 heterocycles. The van der Waals surface area contributed by atoms with Crippen LogP contribution in [0.4, 0.5) is 0 Å². The molecule has 0 bridgehead atoms. The number of H-pyrrole nitrogens is 1. The molecule has 0 radical (unpaired) electrons. The summed E-state index contributed by atoms with van der Waals surface area (Å²) in [6.45, 7) is 0.532. The lowest BCUT2D eigenvalue weighted by Crippen LogP contribution is -2.22. The summed E-state index contributed by atoms with van der Waals surface area (Å²) in [6, 6.07) is 35.6. The van der Waals surface area contributed by atoms with Gasteiger partial charge in [0.25, 0.3) is 11.8 Å². The van der Waals surface area contributed by atoms with Crippen molar-refractivity contribution in [2.24, 2.45) is 0 Å². The Morgan fingerprint density at radius 2 is 1.32 bits per heavy atom. The molecule has 0 saturated carbocycles. The van der Waals surface area contributed by atoms with Crippen LogP contribution in [0.1, 0.15) is 32.0 Å². The highest BCUT2D eigenvalue weighted by Gasteiger charge is 2.21. The number of rotatable bonds is 10. The largest absolute Gasteiger partial charge is 0.449 e. The summed E-state index contributed by atoms with van der Waals surface area (Å²) in [5.41, 5.74) is 3.32. The number of benzene rings is 4. The Morgan fingerprint density at radius 1 is 0.644 bits per heavy atom. The smallest absolute Gasteiger partial charge is 0.287 e. The first-order valence-corrected chi connectivity index (χ1v) is 21.9. The second kappa shape index (κ2) is 16.5. The summed E-state index contributed by atoms with van der Waals surface area (Å²) in [5.74, 6) is -0.389. The Kier molecular flexibility index (Phi) is 10.9. The fourth-order valence-corrected chi connectivity index (χ4v) is 10.2. The maximum atomic E-state index is 13.1. The van der Waals surface area contributed by atoms with Gasteiger partial charge in [-0.15, -0.1) is 11.3 Å². The number of nitrogens with one attached hydrogen (secondary N) is 3. The number of sulfone groups is 2.